The van der Waals surface area contributed by atoms with E-state index in [1.807, 2.05) is 0 Å². The van der Waals surface area contributed by atoms with Crippen LogP contribution in [0, 0.1) is 17.6 Å². The normalized spacial score (nSPS) is 19.1. The van der Waals surface area contributed by atoms with Gasteiger partial charge in [0.25, 0.3) is 0 Å². The highest BCUT2D eigenvalue weighted by Gasteiger charge is 2.59. The molecule has 1 saturated carbocycles. The number of amides is 1. The Morgan fingerprint density at radius 1 is 1.13 bits per heavy atom. The number of aryl methyl sites for hydroxylation is 1. The summed E-state index contributed by atoms with van der Waals surface area (Å²) in [5.41, 5.74) is 6.51. The van der Waals surface area contributed by atoms with Crippen LogP contribution in [0.4, 0.5) is 33.6 Å². The number of rotatable bonds is 6. The summed E-state index contributed by atoms with van der Waals surface area (Å²) in [5, 5.41) is 2.73. The van der Waals surface area contributed by atoms with Crippen LogP contribution in [0.3, 0.4) is 0 Å². The van der Waals surface area contributed by atoms with Crippen LogP contribution in [0.15, 0.2) is 36.8 Å². The number of nitrogen functional groups attached to an aromatic ring is 1. The van der Waals surface area contributed by atoms with Gasteiger partial charge in [-0.25, -0.2) is 28.7 Å². The van der Waals surface area contributed by atoms with Gasteiger partial charge in [-0.15, -0.1) is 0 Å². The topological polar surface area (TPSA) is 111 Å². The smallest absolute Gasteiger partial charge is 0.383 e. The van der Waals surface area contributed by atoms with Gasteiger partial charge in [0.05, 0.1) is 11.3 Å². The molecule has 0 radical (unpaired) electrons. The molecular formula is C25H20F5N7O. The zero-order chi connectivity index (χ0) is 26.8. The molecule has 13 heteroatoms. The Labute approximate surface area is 212 Å². The molecule has 1 aliphatic heterocycles. The summed E-state index contributed by atoms with van der Waals surface area (Å²) >= 11 is 0. The summed E-state index contributed by atoms with van der Waals surface area (Å²) in [4.78, 5) is 31.0. The van der Waals surface area contributed by atoms with Gasteiger partial charge in [-0.05, 0) is 49.3 Å². The van der Waals surface area contributed by atoms with Crippen LogP contribution in [0.25, 0.3) is 17.2 Å². The van der Waals surface area contributed by atoms with Gasteiger partial charge in [0.15, 0.2) is 23.1 Å². The van der Waals surface area contributed by atoms with Crippen LogP contribution in [-0.4, -0.2) is 36.4 Å². The largest absolute Gasteiger partial charge is 0.389 e. The lowest BCUT2D eigenvalue weighted by atomic mass is 9.71. The Balaban J connectivity index is 1.44. The summed E-state index contributed by atoms with van der Waals surface area (Å²) < 4.78 is 67.6. The number of anilines is 2. The van der Waals surface area contributed by atoms with Crippen molar-refractivity contribution in [3.05, 3.63) is 65.2 Å². The number of benzene rings is 1. The van der Waals surface area contributed by atoms with Crippen molar-refractivity contribution in [2.24, 2.45) is 5.92 Å². The molecule has 4 heterocycles. The number of hydrogen-bond acceptors (Lipinski definition) is 6. The summed E-state index contributed by atoms with van der Waals surface area (Å²) in [6, 6.07) is 3.33. The standard InChI is InChI=1S/C25H20F5N7O/c26-14-6-5-13(10-15(14)27)25(12-3-4-12)18-19(31)34-20(35-21(18)36-23(25)38)17-11-37-9-8-32-22(37)16(33-17)2-1-7-24(28,29)30/h5-6,8-12H,1-4,7H2,(H3,31,34,35,36,38). The Hall–Kier alpha value is -4.16. The van der Waals surface area contributed by atoms with Crippen LogP contribution in [0.1, 0.15) is 42.5 Å². The molecule has 38 heavy (non-hydrogen) atoms. The van der Waals surface area contributed by atoms with E-state index in [0.29, 0.717) is 24.2 Å². The van der Waals surface area contributed by atoms with Gasteiger partial charge in [0.2, 0.25) is 5.91 Å². The summed E-state index contributed by atoms with van der Waals surface area (Å²) in [6.07, 6.45) is 0.618. The Kier molecular flexibility index (Phi) is 5.37. The minimum atomic E-state index is -4.29. The Morgan fingerprint density at radius 3 is 2.63 bits per heavy atom. The molecule has 1 fully saturated rings. The number of nitrogens with zero attached hydrogens (tertiary/aromatic N) is 5. The number of aromatic nitrogens is 5. The number of imidazole rings is 1. The van der Waals surface area contributed by atoms with Gasteiger partial charge in [-0.1, -0.05) is 6.07 Å². The van der Waals surface area contributed by atoms with Crippen LogP contribution in [0.5, 0.6) is 0 Å². The second kappa shape index (κ2) is 8.43. The lowest BCUT2D eigenvalue weighted by Crippen LogP contribution is -2.38. The van der Waals surface area contributed by atoms with Gasteiger partial charge in [-0.2, -0.15) is 13.2 Å². The molecule has 2 aliphatic rings. The van der Waals surface area contributed by atoms with Crippen molar-refractivity contribution in [3.63, 3.8) is 0 Å². The summed E-state index contributed by atoms with van der Waals surface area (Å²) in [7, 11) is 0. The highest BCUT2D eigenvalue weighted by atomic mass is 19.4. The van der Waals surface area contributed by atoms with E-state index in [4.69, 9.17) is 5.73 Å². The molecule has 3 N–H and O–H groups in total. The van der Waals surface area contributed by atoms with Crippen molar-refractivity contribution in [1.29, 1.82) is 0 Å². The maximum Gasteiger partial charge on any atom is 0.389 e. The summed E-state index contributed by atoms with van der Waals surface area (Å²) in [5.74, 6) is -2.66. The zero-order valence-electron chi connectivity index (χ0n) is 19.7. The second-order valence-corrected chi connectivity index (χ2v) is 9.52. The molecule has 1 aromatic carbocycles. The van der Waals surface area contributed by atoms with Gasteiger partial charge >= 0.3 is 6.18 Å². The fourth-order valence-corrected chi connectivity index (χ4v) is 5.28. The van der Waals surface area contributed by atoms with Gasteiger partial charge < -0.3 is 15.5 Å². The fourth-order valence-electron chi connectivity index (χ4n) is 5.28. The first-order chi connectivity index (χ1) is 18.1. The van der Waals surface area contributed by atoms with Crippen molar-refractivity contribution >= 4 is 23.2 Å². The number of nitrogens with two attached hydrogens (primary N) is 1. The Bertz CT molecular complexity index is 1600. The molecule has 1 unspecified atom stereocenters. The average Bonchev–Trinajstić information content (AvgIpc) is 3.50. The van der Waals surface area contributed by atoms with Crippen molar-refractivity contribution in [1.82, 2.24) is 24.3 Å². The third-order valence-electron chi connectivity index (χ3n) is 7.03. The van der Waals surface area contributed by atoms with Gasteiger partial charge in [-0.3, -0.25) is 4.79 Å². The van der Waals surface area contributed by atoms with Crippen LogP contribution in [-0.2, 0) is 16.6 Å². The highest BCUT2D eigenvalue weighted by molar-refractivity contribution is 6.10. The lowest BCUT2D eigenvalue weighted by Gasteiger charge is -2.28. The van der Waals surface area contributed by atoms with Crippen LogP contribution >= 0.6 is 0 Å². The molecule has 1 amide bonds. The quantitative estimate of drug-likeness (QED) is 0.354. The van der Waals surface area contributed by atoms with E-state index in [1.54, 1.807) is 16.8 Å². The van der Waals surface area contributed by atoms with Crippen molar-refractivity contribution < 1.29 is 26.7 Å². The molecule has 6 rings (SSSR count). The number of halogens is 5. The Morgan fingerprint density at radius 2 is 1.92 bits per heavy atom. The molecule has 8 nitrogen and oxygen atoms in total. The van der Waals surface area contributed by atoms with Crippen molar-refractivity contribution in [2.75, 3.05) is 11.1 Å². The van der Waals surface area contributed by atoms with Crippen LogP contribution < -0.4 is 11.1 Å². The molecular weight excluding hydrogens is 509 g/mol. The predicted molar refractivity (Wildman–Crippen MR) is 126 cm³/mol. The first kappa shape index (κ1) is 24.2. The first-order valence-electron chi connectivity index (χ1n) is 11.9. The molecule has 0 bridgehead atoms. The molecule has 196 valence electrons. The van der Waals surface area contributed by atoms with Gasteiger partial charge in [0.1, 0.15) is 22.7 Å². The highest BCUT2D eigenvalue weighted by Crippen LogP contribution is 2.57. The van der Waals surface area contributed by atoms with Crippen molar-refractivity contribution in [3.8, 4) is 11.5 Å². The van der Waals surface area contributed by atoms with Gasteiger partial charge in [0, 0.05) is 25.0 Å². The number of fused-ring (bicyclic) bond motifs is 2. The fraction of sp³-hybridized carbons (Fsp3) is 0.320. The second-order valence-electron chi connectivity index (χ2n) is 9.52. The number of nitrogens with one attached hydrogen (secondary N) is 1. The maximum atomic E-state index is 14.2. The molecule has 0 saturated heterocycles. The van der Waals surface area contributed by atoms with E-state index in [0.717, 1.165) is 12.1 Å². The van der Waals surface area contributed by atoms with E-state index in [1.165, 1.54) is 12.3 Å². The number of hydrogen-bond donors (Lipinski definition) is 2. The van der Waals surface area contributed by atoms with E-state index in [9.17, 15) is 26.7 Å². The predicted octanol–water partition coefficient (Wildman–Crippen LogP) is 4.58. The lowest BCUT2D eigenvalue weighted by molar-refractivity contribution is -0.135. The van der Waals surface area contributed by atoms with Crippen molar-refractivity contribution in [2.45, 2.75) is 43.7 Å². The first-order valence-corrected chi connectivity index (χ1v) is 11.9. The molecule has 4 aromatic rings. The molecule has 3 aromatic heterocycles. The molecule has 1 aliphatic carbocycles. The zero-order valence-corrected chi connectivity index (χ0v) is 19.7. The molecule has 0 spiro atoms. The number of carbonyl (C=O) groups is 1. The average molecular weight is 529 g/mol. The minimum absolute atomic E-state index is 0.0198. The third kappa shape index (κ3) is 3.84. The SMILES string of the molecule is Nc1nc(-c2cn3ccnc3c(CCCC(F)(F)F)n2)nc2c1C(c1ccc(F)c(F)c1)(C1CC1)C(=O)N2. The third-order valence-corrected chi connectivity index (χ3v) is 7.03. The van der Waals surface area contributed by atoms with E-state index >= 15 is 0 Å². The van der Waals surface area contributed by atoms with E-state index in [2.05, 4.69) is 25.3 Å². The van der Waals surface area contributed by atoms with E-state index < -0.39 is 35.6 Å². The molecule has 1 atom stereocenters. The maximum absolute atomic E-state index is 14.2. The monoisotopic (exact) mass is 529 g/mol. The van der Waals surface area contributed by atoms with Crippen LogP contribution in [0.2, 0.25) is 0 Å². The number of alkyl halides is 3. The number of carbonyl (C=O) groups excluding carboxylic acids is 1. The van der Waals surface area contributed by atoms with E-state index in [-0.39, 0.29) is 53.0 Å². The minimum Gasteiger partial charge on any atom is -0.383 e. The summed E-state index contributed by atoms with van der Waals surface area (Å²) in [6.45, 7) is 0.